The Morgan fingerprint density at radius 3 is 1.30 bits per heavy atom. The van der Waals surface area contributed by atoms with Gasteiger partial charge in [0.2, 0.25) is 11.9 Å². The summed E-state index contributed by atoms with van der Waals surface area (Å²) in [5.41, 5.74) is 12.6. The van der Waals surface area contributed by atoms with E-state index < -0.39 is 121 Å². The first kappa shape index (κ1) is 107. The predicted octanol–water partition coefficient (Wildman–Crippen LogP) is 13.6. The number of carbonyl (C=O) groups excluding carboxylic acids is 1. The normalized spacial score (nSPS) is 26.1. The van der Waals surface area contributed by atoms with Crippen molar-refractivity contribution in [2.24, 2.45) is 5.90 Å². The van der Waals surface area contributed by atoms with Gasteiger partial charge < -0.3 is 100 Å². The number of fused-ring (bicyclic) bond motifs is 2. The van der Waals surface area contributed by atoms with E-state index in [1.165, 1.54) is 10.9 Å². The Labute approximate surface area is 723 Å². The van der Waals surface area contributed by atoms with Gasteiger partial charge in [-0.05, 0) is 138 Å². The molecule has 5 aliphatic heterocycles. The van der Waals surface area contributed by atoms with Gasteiger partial charge in [0, 0.05) is 32.1 Å². The number of aromatic amines is 1. The number of aliphatic hydroxyl groups excluding tert-OH is 2. The quantitative estimate of drug-likeness (QED) is 0.00712. The highest BCUT2D eigenvalue weighted by atomic mass is 35.5. The molecule has 5 saturated heterocycles. The number of rotatable bonds is 25. The van der Waals surface area contributed by atoms with Crippen molar-refractivity contribution >= 4 is 131 Å². The lowest BCUT2D eigenvalue weighted by atomic mass is 10.2. The van der Waals surface area contributed by atoms with E-state index in [4.69, 9.17) is 79.3 Å². The molecule has 5 aromatic rings. The van der Waals surface area contributed by atoms with Crippen LogP contribution in [0.5, 0.6) is 0 Å². The third kappa shape index (κ3) is 29.4. The van der Waals surface area contributed by atoms with E-state index in [1.54, 1.807) is 83.9 Å². The van der Waals surface area contributed by atoms with Crippen LogP contribution in [0.2, 0.25) is 77.7 Å². The molecule has 9 heterocycles. The fraction of sp³-hybridized carbons (Fsp3) is 0.773. The SMILES string of the molecule is CC(C)(C)[Si](C)(C)O[C@H]1C[C@H](P(C)(C)=O)O[C@@H]1CO.CC(C)(C)[Si](C)(C)O[C@H]1C[C@H](P(C)(C)=O)O[C@@H]1COC(=O)c1ccccc1.CC(C)(C)[Si](C)(C)O[C@H]1C[C@H](P(C)(C)=O)O[C@@H]1COS(C)(=O)=O.CC(C)(C)[Si](C)(C)O[C@H]1C[C@H](P(C)(C)=O)O[C@@H]1Cn1cnc2c(Cl)nc(N)nc21.NOP(=O)(O)[C@H]1C[C@H](O)[C@@H](Cn2cnc3c(=O)[nH]c(N)nc32)O1. The average molecular weight is 1910 g/mol. The molecule has 121 heavy (non-hydrogen) atoms. The number of ether oxygens (including phenoxy) is 6. The maximum atomic E-state index is 12.7. The lowest BCUT2D eigenvalue weighted by Crippen LogP contribution is -2.46. The van der Waals surface area contributed by atoms with Crippen LogP contribution in [0.15, 0.2) is 47.8 Å². The van der Waals surface area contributed by atoms with Crippen LogP contribution < -0.4 is 22.9 Å². The Kier molecular flexibility index (Phi) is 35.7. The number of anilines is 2. The maximum absolute atomic E-state index is 12.7. The van der Waals surface area contributed by atoms with E-state index in [0.717, 1.165) is 6.26 Å². The minimum atomic E-state index is -4.17. The summed E-state index contributed by atoms with van der Waals surface area (Å²) in [4.78, 5) is 56.3. The molecule has 0 saturated carbocycles. The third-order valence-electron chi connectivity index (χ3n) is 23.9. The number of nitrogens with one attached hydrogen (secondary N) is 1. The van der Waals surface area contributed by atoms with Gasteiger partial charge in [-0.1, -0.05) is 113 Å². The molecule has 10 N–H and O–H groups in total. The number of halogens is 1. The van der Waals surface area contributed by atoms with Gasteiger partial charge in [-0.3, -0.25) is 18.5 Å². The smallest absolute Gasteiger partial charge is 0.372 e. The molecule has 0 spiro atoms. The summed E-state index contributed by atoms with van der Waals surface area (Å²) in [6.45, 7) is 57.8. The Bertz CT molecular complexity index is 4760. The van der Waals surface area contributed by atoms with E-state index in [-0.39, 0.29) is 141 Å². The van der Waals surface area contributed by atoms with Gasteiger partial charge >= 0.3 is 13.6 Å². The number of benzene rings is 1. The minimum absolute atomic E-state index is 0.0233. The zero-order valence-electron chi connectivity index (χ0n) is 76.1. The molecule has 0 radical (unpaired) electrons. The van der Waals surface area contributed by atoms with Crippen LogP contribution in [0.1, 0.15) is 126 Å². The van der Waals surface area contributed by atoms with E-state index in [0.29, 0.717) is 49.0 Å². The minimum Gasteiger partial charge on any atom is -0.459 e. The summed E-state index contributed by atoms with van der Waals surface area (Å²) >= 11 is 6.15. The molecule has 46 heteroatoms. The van der Waals surface area contributed by atoms with Crippen LogP contribution in [0.3, 0.4) is 0 Å². The summed E-state index contributed by atoms with van der Waals surface area (Å²) in [6.07, 6.45) is 2.05. The number of hydrogen-bond donors (Lipinski definition) is 7. The number of esters is 1. The van der Waals surface area contributed by atoms with E-state index in [9.17, 15) is 55.9 Å². The molecule has 4 aromatic heterocycles. The first-order valence-electron chi connectivity index (χ1n) is 40.3. The summed E-state index contributed by atoms with van der Waals surface area (Å²) in [5, 5.41) is 19.9. The second-order valence-corrected chi connectivity index (χ2v) is 76.3. The molecular weight excluding hydrogens is 1770 g/mol. The molecule has 692 valence electrons. The topological polar surface area (TPSA) is 493 Å². The standard InChI is InChI=1S/C20H33O5PSi.C18H31ClN5O3PSi.C14H31O6PSSi.C13H29O4PSi.C10H15N6O6P/c1-20(2,3)27(6,7)25-16-13-18(26(4,5)22)24-17(16)14-23-19(21)15-11-9-8-10-12-15;1-18(2,3)29(6,7)27-11-8-13(28(4,5)25)26-12(11)9-24-10-21-14-15(19)22-17(20)23-16(14)24;1-14(2,3)23(7,8)20-11-9-13(21(4,5)15)19-12(11)10-18-22(6,16)17;1-13(2,3)19(6,7)17-10-8-12(18(4,5)15)16-11(10)9-14;11-10-14-8-7(9(18)15-10)13-3-16(8)2-5-4(17)1-6(21-5)23(19,20)22-12/h8-12,16-18H,13-14H2,1-7H3;10-13H,8-9H2,1-7H3,(H2,20,22,23);11-13H,9-10H2,1-8H3;10-12,14H,8-9H2,1-7H3;3-6,17H,1-2,12H2,(H,19,20)(H3,11,14,15,18)/t16-,17+,18-;2*11-,12+,13-;10-,11+,12-;4-,5+,6-/m00000/s1. The summed E-state index contributed by atoms with van der Waals surface area (Å²) in [7, 11) is -25.3. The fourth-order valence-electron chi connectivity index (χ4n) is 12.4. The second kappa shape index (κ2) is 40.5. The van der Waals surface area contributed by atoms with Crippen LogP contribution in [0.4, 0.5) is 11.9 Å². The van der Waals surface area contributed by atoms with Gasteiger partial charge in [0.15, 0.2) is 61.1 Å². The van der Waals surface area contributed by atoms with Gasteiger partial charge in [0.25, 0.3) is 15.7 Å². The zero-order chi connectivity index (χ0) is 92.3. The molecule has 5 aliphatic rings. The second-order valence-electron chi connectivity index (χ2n) is 39.6. The summed E-state index contributed by atoms with van der Waals surface area (Å²) in [5.74, 6) is 1.80. The van der Waals surface area contributed by atoms with Gasteiger partial charge in [-0.25, -0.2) is 25.3 Å². The third-order valence-corrected chi connectivity index (χ3v) is 51.0. The number of hydrogen-bond acceptors (Lipinski definition) is 31. The molecule has 16 atom stereocenters. The van der Waals surface area contributed by atoms with Crippen molar-refractivity contribution in [3.05, 3.63) is 64.1 Å². The molecule has 0 aliphatic carbocycles. The number of carbonyl (C=O) groups is 1. The molecule has 0 bridgehead atoms. The number of imidazole rings is 2. The van der Waals surface area contributed by atoms with Gasteiger partial charge in [-0.2, -0.15) is 23.4 Å². The molecule has 1 unspecified atom stereocenters. The molecule has 35 nitrogen and oxygen atoms in total. The zero-order valence-corrected chi connectivity index (χ0v) is 86.1. The lowest BCUT2D eigenvalue weighted by Gasteiger charge is -2.39. The van der Waals surface area contributed by atoms with Crippen molar-refractivity contribution < 1.29 is 106 Å². The van der Waals surface area contributed by atoms with Crippen LogP contribution in [0.25, 0.3) is 22.3 Å². The largest absolute Gasteiger partial charge is 0.459 e. The van der Waals surface area contributed by atoms with E-state index >= 15 is 0 Å². The molecular formula is C75H139ClN11O24P5SSi4. The monoisotopic (exact) mass is 1910 g/mol. The number of aromatic nitrogens is 8. The first-order chi connectivity index (χ1) is 54.7. The lowest BCUT2D eigenvalue weighted by molar-refractivity contribution is -0.0175. The number of nitrogen functional groups attached to an aromatic ring is 2. The molecule has 10 rings (SSSR count). The fourth-order valence-corrected chi connectivity index (χ4v) is 24.0. The number of H-pyrrole nitrogens is 1. The van der Waals surface area contributed by atoms with Crippen molar-refractivity contribution in [3.8, 4) is 0 Å². The molecule has 5 fully saturated rings. The Hall–Kier alpha value is -3.15. The highest BCUT2D eigenvalue weighted by Crippen LogP contribution is 2.56. The van der Waals surface area contributed by atoms with E-state index in [1.807, 2.05) is 10.6 Å². The van der Waals surface area contributed by atoms with Crippen LogP contribution >= 0.6 is 47.8 Å². The van der Waals surface area contributed by atoms with Gasteiger partial charge in [-0.15, -0.1) is 0 Å². The van der Waals surface area contributed by atoms with Crippen LogP contribution in [0, 0.1) is 0 Å². The average Bonchev–Trinajstić information content (AvgIpc) is 1.65. The van der Waals surface area contributed by atoms with Gasteiger partial charge in [0.1, 0.15) is 94.6 Å². The predicted molar refractivity (Wildman–Crippen MR) is 486 cm³/mol. The van der Waals surface area contributed by atoms with Gasteiger partial charge in [0.05, 0.1) is 81.3 Å². The Morgan fingerprint density at radius 1 is 0.554 bits per heavy atom. The van der Waals surface area contributed by atoms with Crippen molar-refractivity contribution in [1.82, 2.24) is 39.0 Å². The highest BCUT2D eigenvalue weighted by Gasteiger charge is 2.53. The van der Waals surface area contributed by atoms with Crippen molar-refractivity contribution in [3.63, 3.8) is 0 Å². The van der Waals surface area contributed by atoms with Crippen molar-refractivity contribution in [2.75, 3.05) is 90.9 Å². The van der Waals surface area contributed by atoms with Crippen molar-refractivity contribution in [2.45, 2.75) is 291 Å². The van der Waals surface area contributed by atoms with E-state index in [2.05, 4.69) is 170 Å². The van der Waals surface area contributed by atoms with Crippen LogP contribution in [-0.2, 0) is 101 Å². The number of aliphatic hydroxyl groups is 2. The highest BCUT2D eigenvalue weighted by molar-refractivity contribution is 7.86. The van der Waals surface area contributed by atoms with Crippen molar-refractivity contribution in [1.29, 1.82) is 0 Å². The maximum Gasteiger partial charge on any atom is 0.372 e. The summed E-state index contributed by atoms with van der Waals surface area (Å²) in [6, 6.07) is 8.89. The Balaban J connectivity index is 0.000000236. The molecule has 0 amide bonds. The summed E-state index contributed by atoms with van der Waals surface area (Å²) < 4.78 is 157. The number of nitrogens with zero attached hydrogens (tertiary/aromatic N) is 7. The molecule has 1 aromatic carbocycles. The Morgan fingerprint density at radius 2 is 0.909 bits per heavy atom. The number of nitrogens with two attached hydrogens (primary N) is 3. The first-order valence-corrected chi connectivity index (χ1v) is 66.5. The van der Waals surface area contributed by atoms with Crippen LogP contribution in [-0.4, -0.2) is 271 Å².